The van der Waals surface area contributed by atoms with Crippen LogP contribution in [0.5, 0.6) is 0 Å². The molecule has 0 atom stereocenters. The standard InChI is InChI=1S/C15H16N2S/c1-2-13-14(10-11-16)18-15(17-13)9-8-12-6-4-3-5-7-12/h3-7H,2,8-10H2,1H3. The monoisotopic (exact) mass is 256 g/mol. The predicted octanol–water partition coefficient (Wildman–Crippen LogP) is 3.56. The molecule has 0 saturated heterocycles. The molecule has 1 aromatic heterocycles. The van der Waals surface area contributed by atoms with Crippen LogP contribution in [0.4, 0.5) is 0 Å². The zero-order valence-electron chi connectivity index (χ0n) is 10.5. The molecular weight excluding hydrogens is 240 g/mol. The summed E-state index contributed by atoms with van der Waals surface area (Å²) in [6, 6.07) is 12.7. The van der Waals surface area contributed by atoms with Crippen molar-refractivity contribution in [3.63, 3.8) is 0 Å². The van der Waals surface area contributed by atoms with Gasteiger partial charge in [0.2, 0.25) is 0 Å². The van der Waals surface area contributed by atoms with Gasteiger partial charge in [0.15, 0.2) is 0 Å². The summed E-state index contributed by atoms with van der Waals surface area (Å²) in [7, 11) is 0. The lowest BCUT2D eigenvalue weighted by Gasteiger charge is -1.97. The summed E-state index contributed by atoms with van der Waals surface area (Å²) >= 11 is 1.69. The first-order valence-corrected chi connectivity index (χ1v) is 7.03. The topological polar surface area (TPSA) is 36.7 Å². The van der Waals surface area contributed by atoms with Crippen molar-refractivity contribution < 1.29 is 0 Å². The Morgan fingerprint density at radius 1 is 1.22 bits per heavy atom. The molecule has 92 valence electrons. The first-order valence-electron chi connectivity index (χ1n) is 6.21. The fourth-order valence-electron chi connectivity index (χ4n) is 1.93. The van der Waals surface area contributed by atoms with Crippen molar-refractivity contribution in [3.05, 3.63) is 51.5 Å². The number of thiazole rings is 1. The molecule has 2 rings (SSSR count). The molecule has 0 bridgehead atoms. The zero-order chi connectivity index (χ0) is 12.8. The van der Waals surface area contributed by atoms with E-state index in [9.17, 15) is 0 Å². The van der Waals surface area contributed by atoms with Crippen molar-refractivity contribution in [2.75, 3.05) is 0 Å². The molecule has 2 nitrogen and oxygen atoms in total. The number of benzene rings is 1. The maximum atomic E-state index is 8.79. The fraction of sp³-hybridized carbons (Fsp3) is 0.333. The average Bonchev–Trinajstić information content (AvgIpc) is 2.80. The third-order valence-electron chi connectivity index (χ3n) is 2.87. The highest BCUT2D eigenvalue weighted by Crippen LogP contribution is 2.21. The van der Waals surface area contributed by atoms with Crippen LogP contribution in [0.25, 0.3) is 0 Å². The van der Waals surface area contributed by atoms with Crippen molar-refractivity contribution in [1.82, 2.24) is 4.98 Å². The Bertz CT molecular complexity index is 537. The number of nitrogens with zero attached hydrogens (tertiary/aromatic N) is 2. The van der Waals surface area contributed by atoms with E-state index in [0.29, 0.717) is 6.42 Å². The van der Waals surface area contributed by atoms with Gasteiger partial charge in [-0.15, -0.1) is 11.3 Å². The van der Waals surface area contributed by atoms with Crippen LogP contribution in [0.3, 0.4) is 0 Å². The van der Waals surface area contributed by atoms with Gasteiger partial charge in [0.1, 0.15) is 0 Å². The van der Waals surface area contributed by atoms with Crippen molar-refractivity contribution in [3.8, 4) is 6.07 Å². The number of nitriles is 1. The van der Waals surface area contributed by atoms with E-state index in [1.165, 1.54) is 5.56 Å². The number of aromatic nitrogens is 1. The molecule has 1 aromatic carbocycles. The fourth-order valence-corrected chi connectivity index (χ4v) is 3.01. The molecule has 0 unspecified atom stereocenters. The van der Waals surface area contributed by atoms with Gasteiger partial charge in [-0.25, -0.2) is 4.98 Å². The normalized spacial score (nSPS) is 10.2. The highest BCUT2D eigenvalue weighted by atomic mass is 32.1. The number of rotatable bonds is 5. The number of aryl methyl sites for hydroxylation is 3. The van der Waals surface area contributed by atoms with Crippen molar-refractivity contribution in [2.45, 2.75) is 32.6 Å². The molecule has 0 radical (unpaired) electrons. The van der Waals surface area contributed by atoms with Crippen LogP contribution in [0, 0.1) is 11.3 Å². The Morgan fingerprint density at radius 3 is 2.67 bits per heavy atom. The lowest BCUT2D eigenvalue weighted by molar-refractivity contribution is 0.918. The molecule has 1 heterocycles. The summed E-state index contributed by atoms with van der Waals surface area (Å²) in [5, 5.41) is 9.94. The van der Waals surface area contributed by atoms with Crippen molar-refractivity contribution in [2.24, 2.45) is 0 Å². The van der Waals surface area contributed by atoms with Crippen LogP contribution in [0.2, 0.25) is 0 Å². The van der Waals surface area contributed by atoms with Gasteiger partial charge in [-0.1, -0.05) is 37.3 Å². The molecule has 0 N–H and O–H groups in total. The van der Waals surface area contributed by atoms with Gasteiger partial charge in [-0.2, -0.15) is 5.26 Å². The molecule has 0 aliphatic carbocycles. The van der Waals surface area contributed by atoms with Gasteiger partial charge in [0.05, 0.1) is 23.2 Å². The van der Waals surface area contributed by atoms with Gasteiger partial charge in [-0.05, 0) is 18.4 Å². The maximum absolute atomic E-state index is 8.79. The Balaban J connectivity index is 2.04. The summed E-state index contributed by atoms with van der Waals surface area (Å²) in [6.45, 7) is 2.09. The molecular formula is C15H16N2S. The highest BCUT2D eigenvalue weighted by molar-refractivity contribution is 7.11. The summed E-state index contributed by atoms with van der Waals surface area (Å²) in [5.41, 5.74) is 2.44. The minimum atomic E-state index is 0.492. The molecule has 0 aliphatic rings. The highest BCUT2D eigenvalue weighted by Gasteiger charge is 2.09. The molecule has 3 heteroatoms. The molecule has 0 spiro atoms. The van der Waals surface area contributed by atoms with Crippen LogP contribution in [-0.4, -0.2) is 4.98 Å². The van der Waals surface area contributed by atoms with Gasteiger partial charge >= 0.3 is 0 Å². The van der Waals surface area contributed by atoms with Gasteiger partial charge in [0, 0.05) is 11.3 Å². The van der Waals surface area contributed by atoms with Gasteiger partial charge in [-0.3, -0.25) is 0 Å². The minimum absolute atomic E-state index is 0.492. The quantitative estimate of drug-likeness (QED) is 0.820. The Morgan fingerprint density at radius 2 is 2.00 bits per heavy atom. The Kier molecular flexibility index (Phi) is 4.49. The van der Waals surface area contributed by atoms with E-state index in [1.54, 1.807) is 11.3 Å². The van der Waals surface area contributed by atoms with E-state index < -0.39 is 0 Å². The van der Waals surface area contributed by atoms with E-state index >= 15 is 0 Å². The molecule has 0 fully saturated rings. The van der Waals surface area contributed by atoms with Crippen molar-refractivity contribution >= 4 is 11.3 Å². The minimum Gasteiger partial charge on any atom is -0.246 e. The first kappa shape index (κ1) is 12.8. The van der Waals surface area contributed by atoms with Crippen LogP contribution in [0.15, 0.2) is 30.3 Å². The molecule has 18 heavy (non-hydrogen) atoms. The number of hydrogen-bond acceptors (Lipinski definition) is 3. The van der Waals surface area contributed by atoms with E-state index in [2.05, 4.69) is 42.2 Å². The zero-order valence-corrected chi connectivity index (χ0v) is 11.3. The summed E-state index contributed by atoms with van der Waals surface area (Å²) in [6.07, 6.45) is 3.39. The third kappa shape index (κ3) is 3.18. The van der Waals surface area contributed by atoms with Crippen molar-refractivity contribution in [1.29, 1.82) is 5.26 Å². The predicted molar refractivity (Wildman–Crippen MR) is 74.7 cm³/mol. The van der Waals surface area contributed by atoms with Gasteiger partial charge < -0.3 is 0 Å². The Labute approximate surface area is 112 Å². The van der Waals surface area contributed by atoms with E-state index in [0.717, 1.165) is 34.8 Å². The SMILES string of the molecule is CCc1nc(CCc2ccccc2)sc1CC#N. The van der Waals surface area contributed by atoms with Crippen LogP contribution in [-0.2, 0) is 25.7 Å². The smallest absolute Gasteiger partial charge is 0.0934 e. The summed E-state index contributed by atoms with van der Waals surface area (Å²) in [4.78, 5) is 5.77. The second-order valence-electron chi connectivity index (χ2n) is 4.15. The summed E-state index contributed by atoms with van der Waals surface area (Å²) < 4.78 is 0. The molecule has 0 saturated carbocycles. The summed E-state index contributed by atoms with van der Waals surface area (Å²) in [5.74, 6) is 0. The lowest BCUT2D eigenvalue weighted by atomic mass is 10.1. The first-order chi connectivity index (χ1) is 8.83. The second kappa shape index (κ2) is 6.32. The Hall–Kier alpha value is -1.66. The van der Waals surface area contributed by atoms with E-state index in [4.69, 9.17) is 5.26 Å². The molecule has 0 amide bonds. The molecule has 0 aliphatic heterocycles. The maximum Gasteiger partial charge on any atom is 0.0934 e. The lowest BCUT2D eigenvalue weighted by Crippen LogP contribution is -1.91. The average molecular weight is 256 g/mol. The van der Waals surface area contributed by atoms with Crippen LogP contribution >= 0.6 is 11.3 Å². The van der Waals surface area contributed by atoms with Crippen LogP contribution < -0.4 is 0 Å². The number of hydrogen-bond donors (Lipinski definition) is 0. The third-order valence-corrected chi connectivity index (χ3v) is 4.02. The van der Waals surface area contributed by atoms with Gasteiger partial charge in [0.25, 0.3) is 0 Å². The largest absolute Gasteiger partial charge is 0.246 e. The van der Waals surface area contributed by atoms with Crippen LogP contribution in [0.1, 0.15) is 28.1 Å². The second-order valence-corrected chi connectivity index (χ2v) is 5.32. The van der Waals surface area contributed by atoms with E-state index in [1.807, 2.05) is 6.07 Å². The molecule has 2 aromatic rings. The van der Waals surface area contributed by atoms with E-state index in [-0.39, 0.29) is 0 Å².